The van der Waals surface area contributed by atoms with Gasteiger partial charge in [0.05, 0.1) is 14.2 Å². The van der Waals surface area contributed by atoms with E-state index in [1.807, 2.05) is 39.0 Å². The molecule has 19 heavy (non-hydrogen) atoms. The number of rotatable bonds is 4. The molecule has 1 rings (SSSR count). The molecule has 0 radical (unpaired) electrons. The van der Waals surface area contributed by atoms with Gasteiger partial charge >= 0.3 is 0 Å². The van der Waals surface area contributed by atoms with Crippen LogP contribution in [0.3, 0.4) is 0 Å². The Balaban J connectivity index is 2.90. The summed E-state index contributed by atoms with van der Waals surface area (Å²) in [6.07, 6.45) is 3.20. The van der Waals surface area contributed by atoms with Crippen molar-refractivity contribution in [1.29, 1.82) is 0 Å². The van der Waals surface area contributed by atoms with E-state index in [1.165, 1.54) is 6.08 Å². The van der Waals surface area contributed by atoms with Gasteiger partial charge in [0.15, 0.2) is 11.5 Å². The largest absolute Gasteiger partial charge is 0.493 e. The molecular weight excluding hydrogens is 242 g/mol. The van der Waals surface area contributed by atoms with E-state index < -0.39 is 0 Å². The van der Waals surface area contributed by atoms with Crippen LogP contribution >= 0.6 is 0 Å². The molecule has 0 saturated heterocycles. The quantitative estimate of drug-likeness (QED) is 0.849. The molecule has 0 unspecified atom stereocenters. The molecule has 104 valence electrons. The predicted molar refractivity (Wildman–Crippen MR) is 76.5 cm³/mol. The zero-order valence-corrected chi connectivity index (χ0v) is 12.1. The number of nitrogens with one attached hydrogen (secondary N) is 1. The number of ether oxygens (including phenoxy) is 2. The molecule has 0 heterocycles. The first kappa shape index (κ1) is 15.1. The molecule has 0 aliphatic heterocycles. The Hall–Kier alpha value is -1.97. The SMILES string of the molecule is COc1cccc(/C=C/C(=O)NC(C)(C)C)c1OC. The summed E-state index contributed by atoms with van der Waals surface area (Å²) in [6.45, 7) is 5.81. The van der Waals surface area contributed by atoms with Gasteiger partial charge in [0.25, 0.3) is 0 Å². The van der Waals surface area contributed by atoms with Crippen LogP contribution in [-0.4, -0.2) is 25.7 Å². The third kappa shape index (κ3) is 4.66. The number of hydrogen-bond acceptors (Lipinski definition) is 3. The second-order valence-electron chi connectivity index (χ2n) is 5.16. The van der Waals surface area contributed by atoms with Crippen molar-refractivity contribution in [3.05, 3.63) is 29.8 Å². The summed E-state index contributed by atoms with van der Waals surface area (Å²) in [5.41, 5.74) is 0.547. The van der Waals surface area contributed by atoms with Crippen LogP contribution in [0.15, 0.2) is 24.3 Å². The van der Waals surface area contributed by atoms with Gasteiger partial charge in [-0.1, -0.05) is 12.1 Å². The monoisotopic (exact) mass is 263 g/mol. The minimum Gasteiger partial charge on any atom is -0.493 e. The number of benzene rings is 1. The van der Waals surface area contributed by atoms with Gasteiger partial charge < -0.3 is 14.8 Å². The van der Waals surface area contributed by atoms with Gasteiger partial charge in [0.1, 0.15) is 0 Å². The lowest BCUT2D eigenvalue weighted by Crippen LogP contribution is -2.39. The van der Waals surface area contributed by atoms with E-state index in [9.17, 15) is 4.79 Å². The first-order valence-corrected chi connectivity index (χ1v) is 6.08. The number of amides is 1. The fourth-order valence-corrected chi connectivity index (χ4v) is 1.62. The maximum atomic E-state index is 11.7. The third-order valence-electron chi connectivity index (χ3n) is 2.35. The molecule has 1 N–H and O–H groups in total. The summed E-state index contributed by atoms with van der Waals surface area (Å²) >= 11 is 0. The second-order valence-corrected chi connectivity index (χ2v) is 5.16. The van der Waals surface area contributed by atoms with Crippen molar-refractivity contribution in [2.45, 2.75) is 26.3 Å². The Labute approximate surface area is 114 Å². The number of carbonyl (C=O) groups excluding carboxylic acids is 1. The van der Waals surface area contributed by atoms with Crippen LogP contribution in [0, 0.1) is 0 Å². The van der Waals surface area contributed by atoms with Crippen molar-refractivity contribution >= 4 is 12.0 Å². The van der Waals surface area contributed by atoms with Gasteiger partial charge in [-0.15, -0.1) is 0 Å². The molecule has 0 spiro atoms. The van der Waals surface area contributed by atoms with Gasteiger partial charge in [-0.2, -0.15) is 0 Å². The van der Waals surface area contributed by atoms with E-state index in [4.69, 9.17) is 9.47 Å². The standard InChI is InChI=1S/C15H21NO3/c1-15(2,3)16-13(17)10-9-11-7-6-8-12(18-4)14(11)19-5/h6-10H,1-5H3,(H,16,17)/b10-9+. The lowest BCUT2D eigenvalue weighted by atomic mass is 10.1. The third-order valence-corrected chi connectivity index (χ3v) is 2.35. The first-order chi connectivity index (χ1) is 8.87. The summed E-state index contributed by atoms with van der Waals surface area (Å²) in [7, 11) is 3.15. The second kappa shape index (κ2) is 6.27. The molecule has 1 aromatic rings. The average Bonchev–Trinajstić information content (AvgIpc) is 2.33. The normalized spacial score (nSPS) is 11.4. The molecule has 1 amide bonds. The maximum Gasteiger partial charge on any atom is 0.244 e. The molecular formula is C15H21NO3. The highest BCUT2D eigenvalue weighted by molar-refractivity contribution is 5.92. The van der Waals surface area contributed by atoms with E-state index in [2.05, 4.69) is 5.32 Å². The summed E-state index contributed by atoms with van der Waals surface area (Å²) in [5.74, 6) is 1.11. The van der Waals surface area contributed by atoms with Crippen LogP contribution < -0.4 is 14.8 Å². The zero-order chi connectivity index (χ0) is 14.5. The lowest BCUT2D eigenvalue weighted by Gasteiger charge is -2.19. The van der Waals surface area contributed by atoms with E-state index in [-0.39, 0.29) is 11.4 Å². The Kier molecular flexibility index (Phi) is 4.98. The number of carbonyl (C=O) groups is 1. The Morgan fingerprint density at radius 1 is 1.21 bits per heavy atom. The van der Waals surface area contributed by atoms with Crippen molar-refractivity contribution in [3.63, 3.8) is 0 Å². The van der Waals surface area contributed by atoms with Gasteiger partial charge in [-0.3, -0.25) is 4.79 Å². The number of hydrogen-bond donors (Lipinski definition) is 1. The first-order valence-electron chi connectivity index (χ1n) is 6.08. The van der Waals surface area contributed by atoms with Crippen LogP contribution in [-0.2, 0) is 4.79 Å². The fourth-order valence-electron chi connectivity index (χ4n) is 1.62. The van der Waals surface area contributed by atoms with Crippen molar-refractivity contribution in [1.82, 2.24) is 5.32 Å². The van der Waals surface area contributed by atoms with Crippen LogP contribution in [0.4, 0.5) is 0 Å². The van der Waals surface area contributed by atoms with Crippen molar-refractivity contribution < 1.29 is 14.3 Å². The van der Waals surface area contributed by atoms with Crippen molar-refractivity contribution in [3.8, 4) is 11.5 Å². The minimum absolute atomic E-state index is 0.141. The molecule has 0 aromatic heterocycles. The van der Waals surface area contributed by atoms with Crippen LogP contribution in [0.2, 0.25) is 0 Å². The summed E-state index contributed by atoms with van der Waals surface area (Å²) in [6, 6.07) is 5.52. The van der Waals surface area contributed by atoms with Crippen LogP contribution in [0.1, 0.15) is 26.3 Å². The molecule has 0 fully saturated rings. The summed E-state index contributed by atoms with van der Waals surface area (Å²) in [4.78, 5) is 11.7. The zero-order valence-electron chi connectivity index (χ0n) is 12.1. The fraction of sp³-hybridized carbons (Fsp3) is 0.400. The van der Waals surface area contributed by atoms with E-state index in [0.717, 1.165) is 5.56 Å². The van der Waals surface area contributed by atoms with Gasteiger partial charge in [0.2, 0.25) is 5.91 Å². The van der Waals surface area contributed by atoms with Gasteiger partial charge in [-0.05, 0) is 32.9 Å². The highest BCUT2D eigenvalue weighted by Crippen LogP contribution is 2.31. The smallest absolute Gasteiger partial charge is 0.244 e. The highest BCUT2D eigenvalue weighted by atomic mass is 16.5. The Morgan fingerprint density at radius 3 is 2.42 bits per heavy atom. The molecule has 1 aromatic carbocycles. The van der Waals surface area contributed by atoms with Gasteiger partial charge in [0, 0.05) is 17.2 Å². The van der Waals surface area contributed by atoms with Gasteiger partial charge in [-0.25, -0.2) is 0 Å². The summed E-state index contributed by atoms with van der Waals surface area (Å²) in [5, 5.41) is 2.86. The molecule has 0 saturated carbocycles. The highest BCUT2D eigenvalue weighted by Gasteiger charge is 2.12. The molecule has 4 heteroatoms. The van der Waals surface area contributed by atoms with Crippen molar-refractivity contribution in [2.24, 2.45) is 0 Å². The van der Waals surface area contributed by atoms with E-state index in [0.29, 0.717) is 11.5 Å². The minimum atomic E-state index is -0.250. The van der Waals surface area contributed by atoms with Crippen LogP contribution in [0.25, 0.3) is 6.08 Å². The summed E-state index contributed by atoms with van der Waals surface area (Å²) < 4.78 is 10.5. The van der Waals surface area contributed by atoms with Crippen molar-refractivity contribution in [2.75, 3.05) is 14.2 Å². The topological polar surface area (TPSA) is 47.6 Å². The molecule has 0 aliphatic carbocycles. The van der Waals surface area contributed by atoms with E-state index >= 15 is 0 Å². The van der Waals surface area contributed by atoms with E-state index in [1.54, 1.807) is 20.3 Å². The molecule has 4 nitrogen and oxygen atoms in total. The predicted octanol–water partition coefficient (Wildman–Crippen LogP) is 2.63. The Morgan fingerprint density at radius 2 is 1.89 bits per heavy atom. The number of methoxy groups -OCH3 is 2. The average molecular weight is 263 g/mol. The maximum absolute atomic E-state index is 11.7. The molecule has 0 aliphatic rings. The lowest BCUT2D eigenvalue weighted by molar-refractivity contribution is -0.117. The molecule has 0 atom stereocenters. The molecule has 0 bridgehead atoms. The Bertz CT molecular complexity index is 473. The number of para-hydroxylation sites is 1. The van der Waals surface area contributed by atoms with Crippen LogP contribution in [0.5, 0.6) is 11.5 Å².